The fourth-order valence-corrected chi connectivity index (χ4v) is 5.69. The maximum absolute atomic E-state index is 13.4. The van der Waals surface area contributed by atoms with E-state index in [0.29, 0.717) is 13.1 Å². The van der Waals surface area contributed by atoms with Crippen LogP contribution in [-0.4, -0.2) is 69.2 Å². The van der Waals surface area contributed by atoms with Crippen LogP contribution in [0.1, 0.15) is 0 Å². The molecule has 170 valence electrons. The Hall–Kier alpha value is -2.63. The number of carbonyl (C=O) groups is 1. The molecule has 4 rings (SSSR count). The molecule has 0 aliphatic carbocycles. The zero-order valence-electron chi connectivity index (χ0n) is 17.1. The lowest BCUT2D eigenvalue weighted by atomic mass is 10.3. The lowest BCUT2D eigenvalue weighted by Gasteiger charge is -2.34. The van der Waals surface area contributed by atoms with Crippen LogP contribution in [0.5, 0.6) is 0 Å². The third-order valence-corrected chi connectivity index (χ3v) is 7.94. The lowest BCUT2D eigenvalue weighted by molar-refractivity contribution is -0.118. The van der Waals surface area contributed by atoms with Crippen LogP contribution in [-0.2, 0) is 14.6 Å². The number of anilines is 1. The number of thiazole rings is 1. The summed E-state index contributed by atoms with van der Waals surface area (Å²) in [5.41, 5.74) is 0.784. The van der Waals surface area contributed by atoms with Gasteiger partial charge >= 0.3 is 0 Å². The van der Waals surface area contributed by atoms with Gasteiger partial charge in [-0.2, -0.15) is 0 Å². The average Bonchev–Trinajstić information content (AvgIpc) is 3.17. The number of benzene rings is 2. The molecule has 7 nitrogen and oxygen atoms in total. The van der Waals surface area contributed by atoms with Crippen LogP contribution in [0.15, 0.2) is 47.4 Å². The first kappa shape index (κ1) is 22.6. The summed E-state index contributed by atoms with van der Waals surface area (Å²) in [6, 6.07) is 8.99. The molecule has 1 saturated heterocycles. The molecule has 11 heteroatoms. The predicted octanol–water partition coefficient (Wildman–Crippen LogP) is 2.29. The number of aromatic nitrogens is 1. The molecule has 1 aromatic heterocycles. The third-order valence-electron chi connectivity index (χ3n) is 5.23. The summed E-state index contributed by atoms with van der Waals surface area (Å²) in [4.78, 5) is 20.9. The Kier molecular flexibility index (Phi) is 6.68. The maximum Gasteiger partial charge on any atom is 0.235 e. The highest BCUT2D eigenvalue weighted by Crippen LogP contribution is 2.29. The van der Waals surface area contributed by atoms with Gasteiger partial charge in [0.15, 0.2) is 15.0 Å². The van der Waals surface area contributed by atoms with Gasteiger partial charge in [-0.05, 0) is 42.5 Å². The van der Waals surface area contributed by atoms with Gasteiger partial charge in [-0.25, -0.2) is 22.2 Å². The molecule has 2 heterocycles. The van der Waals surface area contributed by atoms with E-state index >= 15 is 0 Å². The molecule has 0 bridgehead atoms. The van der Waals surface area contributed by atoms with Crippen molar-refractivity contribution in [2.45, 2.75) is 4.90 Å². The summed E-state index contributed by atoms with van der Waals surface area (Å²) >= 11 is 1.47. The summed E-state index contributed by atoms with van der Waals surface area (Å²) in [6.45, 7) is 3.99. The van der Waals surface area contributed by atoms with Crippen molar-refractivity contribution in [2.24, 2.45) is 0 Å². The van der Waals surface area contributed by atoms with E-state index in [4.69, 9.17) is 0 Å². The second-order valence-corrected chi connectivity index (χ2v) is 10.5. The van der Waals surface area contributed by atoms with Crippen LogP contribution >= 0.6 is 11.3 Å². The number of rotatable bonds is 7. The number of carbonyl (C=O) groups excluding carboxylic acids is 1. The van der Waals surface area contributed by atoms with Crippen molar-refractivity contribution in [2.75, 3.05) is 49.9 Å². The Bertz CT molecular complexity index is 1210. The summed E-state index contributed by atoms with van der Waals surface area (Å²) < 4.78 is 51.7. The van der Waals surface area contributed by atoms with Crippen LogP contribution < -0.4 is 10.2 Å². The van der Waals surface area contributed by atoms with Crippen molar-refractivity contribution in [1.82, 2.24) is 15.2 Å². The molecule has 1 aliphatic rings. The van der Waals surface area contributed by atoms with Crippen molar-refractivity contribution >= 4 is 42.4 Å². The molecular formula is C21H22F2N4O3S2. The van der Waals surface area contributed by atoms with E-state index in [-0.39, 0.29) is 10.7 Å². The Morgan fingerprint density at radius 3 is 2.44 bits per heavy atom. The number of nitrogens with one attached hydrogen (secondary N) is 1. The zero-order chi connectivity index (χ0) is 22.7. The maximum atomic E-state index is 13.4. The second-order valence-electron chi connectivity index (χ2n) is 7.50. The Morgan fingerprint density at radius 2 is 1.72 bits per heavy atom. The molecule has 2 aromatic carbocycles. The Balaban J connectivity index is 1.21. The first-order valence-corrected chi connectivity index (χ1v) is 12.6. The van der Waals surface area contributed by atoms with E-state index in [2.05, 4.69) is 20.1 Å². The molecule has 3 aromatic rings. The van der Waals surface area contributed by atoms with Crippen LogP contribution in [0.4, 0.5) is 13.9 Å². The van der Waals surface area contributed by atoms with E-state index in [9.17, 15) is 22.0 Å². The molecule has 0 unspecified atom stereocenters. The van der Waals surface area contributed by atoms with Crippen LogP contribution in [0.25, 0.3) is 10.2 Å². The number of piperazine rings is 1. The SMILES string of the molecule is O=C(CS(=O)(=O)c1ccc(F)cc1)NCCN1CCN(c2nc3ccc(F)cc3s2)CC1. The molecule has 0 saturated carbocycles. The molecule has 1 amide bonds. The Morgan fingerprint density at radius 1 is 1.03 bits per heavy atom. The molecule has 0 atom stereocenters. The predicted molar refractivity (Wildman–Crippen MR) is 120 cm³/mol. The topological polar surface area (TPSA) is 82.6 Å². The first-order valence-electron chi connectivity index (χ1n) is 10.1. The van der Waals surface area contributed by atoms with Gasteiger partial charge in [0.05, 0.1) is 15.1 Å². The van der Waals surface area contributed by atoms with Gasteiger partial charge in [-0.3, -0.25) is 9.69 Å². The lowest BCUT2D eigenvalue weighted by Crippen LogP contribution is -2.48. The minimum atomic E-state index is -3.81. The molecule has 0 radical (unpaired) electrons. The summed E-state index contributed by atoms with van der Waals surface area (Å²) in [7, 11) is -3.81. The highest BCUT2D eigenvalue weighted by molar-refractivity contribution is 7.92. The summed E-state index contributed by atoms with van der Waals surface area (Å²) in [5.74, 6) is -2.07. The van der Waals surface area contributed by atoms with Gasteiger partial charge in [0.1, 0.15) is 17.4 Å². The summed E-state index contributed by atoms with van der Waals surface area (Å²) in [6.07, 6.45) is 0. The van der Waals surface area contributed by atoms with E-state index in [0.717, 1.165) is 65.8 Å². The highest BCUT2D eigenvalue weighted by atomic mass is 32.2. The number of nitrogens with zero attached hydrogens (tertiary/aromatic N) is 3. The standard InChI is InChI=1S/C21H22F2N4O3S2/c22-15-1-4-17(5-2-15)32(29,30)14-20(28)24-7-8-26-9-11-27(12-10-26)21-25-18-6-3-16(23)13-19(18)31-21/h1-6,13H,7-12,14H2,(H,24,28). The fraction of sp³-hybridized carbons (Fsp3) is 0.333. The number of sulfone groups is 1. The number of fused-ring (bicyclic) bond motifs is 1. The molecule has 1 fully saturated rings. The fourth-order valence-electron chi connectivity index (χ4n) is 3.49. The van der Waals surface area contributed by atoms with Crippen molar-refractivity contribution < 1.29 is 22.0 Å². The van der Waals surface area contributed by atoms with Gasteiger partial charge < -0.3 is 10.2 Å². The number of amides is 1. The molecular weight excluding hydrogens is 458 g/mol. The van der Waals surface area contributed by atoms with E-state index in [1.807, 2.05) is 0 Å². The monoisotopic (exact) mass is 480 g/mol. The van der Waals surface area contributed by atoms with Crippen LogP contribution in [0, 0.1) is 11.6 Å². The van der Waals surface area contributed by atoms with Gasteiger partial charge in [-0.1, -0.05) is 11.3 Å². The van der Waals surface area contributed by atoms with Gasteiger partial charge in [0.2, 0.25) is 5.91 Å². The molecule has 1 N–H and O–H groups in total. The van der Waals surface area contributed by atoms with Gasteiger partial charge in [-0.15, -0.1) is 0 Å². The summed E-state index contributed by atoms with van der Waals surface area (Å²) in [5, 5.41) is 3.51. The minimum Gasteiger partial charge on any atom is -0.354 e. The smallest absolute Gasteiger partial charge is 0.235 e. The van der Waals surface area contributed by atoms with Crippen LogP contribution in [0.3, 0.4) is 0 Å². The van der Waals surface area contributed by atoms with Crippen molar-refractivity contribution in [3.8, 4) is 0 Å². The van der Waals surface area contributed by atoms with Gasteiger partial charge in [0, 0.05) is 39.3 Å². The molecule has 1 aliphatic heterocycles. The third kappa shape index (κ3) is 5.40. The number of halogens is 2. The Labute approximate surface area is 188 Å². The number of hydrogen-bond acceptors (Lipinski definition) is 7. The van der Waals surface area contributed by atoms with Crippen molar-refractivity contribution in [3.05, 3.63) is 54.1 Å². The quantitative estimate of drug-likeness (QED) is 0.523. The second kappa shape index (κ2) is 9.47. The van der Waals surface area contributed by atoms with E-state index < -0.39 is 27.3 Å². The molecule has 0 spiro atoms. The van der Waals surface area contributed by atoms with E-state index in [1.165, 1.54) is 23.5 Å². The van der Waals surface area contributed by atoms with E-state index in [1.54, 1.807) is 6.07 Å². The normalized spacial score (nSPS) is 15.2. The minimum absolute atomic E-state index is 0.0808. The van der Waals surface area contributed by atoms with Gasteiger partial charge in [0.25, 0.3) is 0 Å². The van der Waals surface area contributed by atoms with Crippen molar-refractivity contribution in [3.63, 3.8) is 0 Å². The number of hydrogen-bond donors (Lipinski definition) is 1. The largest absolute Gasteiger partial charge is 0.354 e. The average molecular weight is 481 g/mol. The highest BCUT2D eigenvalue weighted by Gasteiger charge is 2.21. The first-order chi connectivity index (χ1) is 15.3. The van der Waals surface area contributed by atoms with Crippen LogP contribution in [0.2, 0.25) is 0 Å². The molecule has 32 heavy (non-hydrogen) atoms. The van der Waals surface area contributed by atoms with Crippen molar-refractivity contribution in [1.29, 1.82) is 0 Å². The zero-order valence-corrected chi connectivity index (χ0v) is 18.8.